The first-order valence-corrected chi connectivity index (χ1v) is 7.35. The molecule has 0 aliphatic carbocycles. The quantitative estimate of drug-likeness (QED) is 0.573. The van der Waals surface area contributed by atoms with Crippen LogP contribution in [0.25, 0.3) is 0 Å². The van der Waals surface area contributed by atoms with Gasteiger partial charge in [-0.3, -0.25) is 0 Å². The molecule has 17 heavy (non-hydrogen) atoms. The zero-order chi connectivity index (χ0) is 13.1. The number of hydrogen-bond acceptors (Lipinski definition) is 6. The van der Waals surface area contributed by atoms with Gasteiger partial charge in [0.1, 0.15) is 4.21 Å². The van der Waals surface area contributed by atoms with Crippen molar-refractivity contribution in [1.82, 2.24) is 4.72 Å². The fourth-order valence-electron chi connectivity index (χ4n) is 1.22. The number of nitrogens with two attached hydrogens (primary N) is 1. The fourth-order valence-corrected chi connectivity index (χ4v) is 3.75. The first-order chi connectivity index (χ1) is 7.89. The van der Waals surface area contributed by atoms with E-state index in [0.717, 1.165) is 11.3 Å². The third-order valence-electron chi connectivity index (χ3n) is 2.49. The van der Waals surface area contributed by atoms with E-state index >= 15 is 0 Å². The van der Waals surface area contributed by atoms with E-state index in [2.05, 4.69) is 4.72 Å². The standard InChI is InChI=1S/C9H16N2O4S2/c1-2-9(5-12,6-13)11-17(14,15)8-3-7(10)4-16-8/h3-4,11-13H,2,5-6,10H2,1H3. The van der Waals surface area contributed by atoms with Crippen LogP contribution in [0.3, 0.4) is 0 Å². The summed E-state index contributed by atoms with van der Waals surface area (Å²) in [6, 6.07) is 1.34. The topological polar surface area (TPSA) is 113 Å². The Morgan fingerprint density at radius 3 is 2.41 bits per heavy atom. The van der Waals surface area contributed by atoms with Crippen molar-refractivity contribution >= 4 is 27.0 Å². The highest BCUT2D eigenvalue weighted by Gasteiger charge is 2.33. The zero-order valence-corrected chi connectivity index (χ0v) is 11.0. The molecule has 0 fully saturated rings. The monoisotopic (exact) mass is 280 g/mol. The van der Waals surface area contributed by atoms with Crippen molar-refractivity contribution in [3.8, 4) is 0 Å². The smallest absolute Gasteiger partial charge is 0.250 e. The second-order valence-electron chi connectivity index (χ2n) is 3.75. The molecule has 1 rings (SSSR count). The van der Waals surface area contributed by atoms with Crippen molar-refractivity contribution in [2.24, 2.45) is 0 Å². The minimum Gasteiger partial charge on any atom is -0.398 e. The molecule has 0 aliphatic heterocycles. The molecule has 0 aromatic carbocycles. The molecule has 1 heterocycles. The van der Waals surface area contributed by atoms with Crippen LogP contribution < -0.4 is 10.5 Å². The largest absolute Gasteiger partial charge is 0.398 e. The first kappa shape index (κ1) is 14.4. The highest BCUT2D eigenvalue weighted by molar-refractivity contribution is 7.91. The van der Waals surface area contributed by atoms with Crippen LogP contribution >= 0.6 is 11.3 Å². The van der Waals surface area contributed by atoms with Crippen LogP contribution in [0.4, 0.5) is 5.69 Å². The predicted octanol–water partition coefficient (Wildman–Crippen LogP) is -0.258. The number of hydrogen-bond donors (Lipinski definition) is 4. The van der Waals surface area contributed by atoms with Gasteiger partial charge in [-0.05, 0) is 12.5 Å². The molecule has 98 valence electrons. The molecule has 8 heteroatoms. The molecule has 0 amide bonds. The molecule has 0 unspecified atom stereocenters. The lowest BCUT2D eigenvalue weighted by atomic mass is 10.0. The Morgan fingerprint density at radius 2 is 2.06 bits per heavy atom. The number of aliphatic hydroxyl groups excluding tert-OH is 2. The Labute approximate surface area is 104 Å². The molecule has 1 aromatic rings. The van der Waals surface area contributed by atoms with E-state index in [-0.39, 0.29) is 10.6 Å². The van der Waals surface area contributed by atoms with Crippen LogP contribution in [-0.2, 0) is 10.0 Å². The summed E-state index contributed by atoms with van der Waals surface area (Å²) in [5.74, 6) is 0. The molecule has 1 aromatic heterocycles. The average molecular weight is 280 g/mol. The number of aliphatic hydroxyl groups is 2. The van der Waals surface area contributed by atoms with E-state index in [1.165, 1.54) is 11.4 Å². The molecular formula is C9H16N2O4S2. The number of nitrogen functional groups attached to an aromatic ring is 1. The summed E-state index contributed by atoms with van der Waals surface area (Å²) in [5.41, 5.74) is 4.58. The third kappa shape index (κ3) is 3.17. The van der Waals surface area contributed by atoms with Gasteiger partial charge in [0.25, 0.3) is 10.0 Å². The first-order valence-electron chi connectivity index (χ1n) is 4.99. The van der Waals surface area contributed by atoms with Crippen LogP contribution in [0.15, 0.2) is 15.7 Å². The van der Waals surface area contributed by atoms with Crippen LogP contribution in [0.2, 0.25) is 0 Å². The molecule has 0 aliphatic rings. The maximum atomic E-state index is 12.0. The Bertz CT molecular complexity index is 457. The number of sulfonamides is 1. The molecule has 0 spiro atoms. The molecular weight excluding hydrogens is 264 g/mol. The molecule has 0 atom stereocenters. The molecule has 6 nitrogen and oxygen atoms in total. The van der Waals surface area contributed by atoms with E-state index in [4.69, 9.17) is 5.73 Å². The molecule has 0 radical (unpaired) electrons. The molecule has 0 saturated carbocycles. The summed E-state index contributed by atoms with van der Waals surface area (Å²) in [6.07, 6.45) is 0.278. The lowest BCUT2D eigenvalue weighted by Crippen LogP contribution is -2.53. The summed E-state index contributed by atoms with van der Waals surface area (Å²) in [4.78, 5) is 0. The summed E-state index contributed by atoms with van der Waals surface area (Å²) in [6.45, 7) is 0.734. The maximum absolute atomic E-state index is 12.0. The van der Waals surface area contributed by atoms with Crippen molar-refractivity contribution in [3.63, 3.8) is 0 Å². The summed E-state index contributed by atoms with van der Waals surface area (Å²) in [7, 11) is -3.76. The van der Waals surface area contributed by atoms with E-state index in [9.17, 15) is 18.6 Å². The minimum atomic E-state index is -3.76. The normalized spacial score (nSPS) is 12.9. The Balaban J connectivity index is 3.00. The highest BCUT2D eigenvalue weighted by Crippen LogP contribution is 2.23. The second-order valence-corrected chi connectivity index (χ2v) is 6.58. The lowest BCUT2D eigenvalue weighted by molar-refractivity contribution is 0.105. The van der Waals surface area contributed by atoms with Gasteiger partial charge in [0.2, 0.25) is 0 Å². The lowest BCUT2D eigenvalue weighted by Gasteiger charge is -2.28. The fraction of sp³-hybridized carbons (Fsp3) is 0.556. The van der Waals surface area contributed by atoms with Crippen molar-refractivity contribution in [2.45, 2.75) is 23.1 Å². The van der Waals surface area contributed by atoms with Crippen LogP contribution in [-0.4, -0.2) is 37.4 Å². The summed E-state index contributed by atoms with van der Waals surface area (Å²) >= 11 is 0.990. The third-order valence-corrected chi connectivity index (χ3v) is 5.53. The van der Waals surface area contributed by atoms with Gasteiger partial charge in [0.15, 0.2) is 0 Å². The summed E-state index contributed by atoms with van der Waals surface area (Å²) < 4.78 is 26.3. The number of anilines is 1. The average Bonchev–Trinajstić information content (AvgIpc) is 2.74. The number of rotatable bonds is 6. The Hall–Kier alpha value is -0.670. The second kappa shape index (κ2) is 5.32. The van der Waals surface area contributed by atoms with Gasteiger partial charge >= 0.3 is 0 Å². The van der Waals surface area contributed by atoms with Gasteiger partial charge in [0.05, 0.1) is 18.8 Å². The van der Waals surface area contributed by atoms with Crippen LogP contribution in [0.1, 0.15) is 13.3 Å². The molecule has 5 N–H and O–H groups in total. The highest BCUT2D eigenvalue weighted by atomic mass is 32.2. The molecule has 0 bridgehead atoms. The van der Waals surface area contributed by atoms with Crippen LogP contribution in [0.5, 0.6) is 0 Å². The van der Waals surface area contributed by atoms with Gasteiger partial charge in [-0.1, -0.05) is 6.92 Å². The van der Waals surface area contributed by atoms with Gasteiger partial charge in [-0.2, -0.15) is 4.72 Å². The number of nitrogens with one attached hydrogen (secondary N) is 1. The van der Waals surface area contributed by atoms with Crippen molar-refractivity contribution in [1.29, 1.82) is 0 Å². The Kier molecular flexibility index (Phi) is 4.50. The SMILES string of the molecule is CCC(CO)(CO)NS(=O)(=O)c1cc(N)cs1. The number of thiophene rings is 1. The van der Waals surface area contributed by atoms with E-state index < -0.39 is 28.8 Å². The van der Waals surface area contributed by atoms with E-state index in [0.29, 0.717) is 5.69 Å². The van der Waals surface area contributed by atoms with Crippen molar-refractivity contribution in [2.75, 3.05) is 18.9 Å². The zero-order valence-electron chi connectivity index (χ0n) is 9.38. The van der Waals surface area contributed by atoms with Crippen molar-refractivity contribution in [3.05, 3.63) is 11.4 Å². The predicted molar refractivity (Wildman–Crippen MR) is 66.2 cm³/mol. The van der Waals surface area contributed by atoms with Gasteiger partial charge in [0, 0.05) is 11.1 Å². The van der Waals surface area contributed by atoms with Gasteiger partial charge in [-0.25, -0.2) is 8.42 Å². The van der Waals surface area contributed by atoms with E-state index in [1.54, 1.807) is 6.92 Å². The van der Waals surface area contributed by atoms with Gasteiger partial charge < -0.3 is 15.9 Å². The minimum absolute atomic E-state index is 0.0646. The summed E-state index contributed by atoms with van der Waals surface area (Å²) in [5, 5.41) is 19.9. The van der Waals surface area contributed by atoms with Gasteiger partial charge in [-0.15, -0.1) is 11.3 Å². The van der Waals surface area contributed by atoms with Crippen LogP contribution in [0, 0.1) is 0 Å². The Morgan fingerprint density at radius 1 is 1.47 bits per heavy atom. The molecule has 0 saturated heterocycles. The maximum Gasteiger partial charge on any atom is 0.250 e. The van der Waals surface area contributed by atoms with Crippen molar-refractivity contribution < 1.29 is 18.6 Å². The van der Waals surface area contributed by atoms with E-state index in [1.807, 2.05) is 0 Å².